The number of rotatable bonds is 3. The Balaban J connectivity index is 1.95. The lowest BCUT2D eigenvalue weighted by atomic mass is 10.2. The Morgan fingerprint density at radius 2 is 2.50 bits per heavy atom. The summed E-state index contributed by atoms with van der Waals surface area (Å²) in [6.45, 7) is 1.92. The molecule has 76 valence electrons. The SMILES string of the molecule is CC(NC(=O)C1(N)CC1)c1nccs1. The predicted octanol–water partition coefficient (Wildman–Crippen LogP) is 0.812. The van der Waals surface area contributed by atoms with E-state index in [0.29, 0.717) is 0 Å². The van der Waals surface area contributed by atoms with Crippen LogP contribution in [0.4, 0.5) is 0 Å². The molecule has 0 bridgehead atoms. The van der Waals surface area contributed by atoms with Gasteiger partial charge in [0.25, 0.3) is 0 Å². The zero-order valence-corrected chi connectivity index (χ0v) is 8.80. The molecular weight excluding hydrogens is 198 g/mol. The lowest BCUT2D eigenvalue weighted by Gasteiger charge is -2.14. The Hall–Kier alpha value is -0.940. The molecule has 0 aliphatic heterocycles. The summed E-state index contributed by atoms with van der Waals surface area (Å²) >= 11 is 1.54. The topological polar surface area (TPSA) is 68.0 Å². The van der Waals surface area contributed by atoms with Crippen LogP contribution in [0.5, 0.6) is 0 Å². The molecule has 1 saturated carbocycles. The highest BCUT2D eigenvalue weighted by atomic mass is 32.1. The minimum atomic E-state index is -0.592. The Labute approximate surface area is 86.5 Å². The monoisotopic (exact) mass is 211 g/mol. The third-order valence-electron chi connectivity index (χ3n) is 2.41. The van der Waals surface area contributed by atoms with Gasteiger partial charge in [0.15, 0.2) is 0 Å². The summed E-state index contributed by atoms with van der Waals surface area (Å²) in [7, 11) is 0. The Morgan fingerprint density at radius 3 is 3.00 bits per heavy atom. The summed E-state index contributed by atoms with van der Waals surface area (Å²) in [5.74, 6) is -0.0554. The first-order chi connectivity index (χ1) is 6.62. The van der Waals surface area contributed by atoms with Crippen molar-refractivity contribution >= 4 is 17.2 Å². The second kappa shape index (κ2) is 3.33. The zero-order valence-electron chi connectivity index (χ0n) is 7.99. The number of nitrogens with two attached hydrogens (primary N) is 1. The average molecular weight is 211 g/mol. The van der Waals surface area contributed by atoms with Gasteiger partial charge in [-0.15, -0.1) is 11.3 Å². The number of nitrogens with one attached hydrogen (secondary N) is 1. The third kappa shape index (κ3) is 1.78. The number of carbonyl (C=O) groups is 1. The van der Waals surface area contributed by atoms with E-state index in [1.807, 2.05) is 12.3 Å². The summed E-state index contributed by atoms with van der Waals surface area (Å²) in [5, 5.41) is 5.68. The van der Waals surface area contributed by atoms with Crippen LogP contribution in [0.25, 0.3) is 0 Å². The van der Waals surface area contributed by atoms with Crippen molar-refractivity contribution in [2.24, 2.45) is 5.73 Å². The zero-order chi connectivity index (χ0) is 10.2. The molecule has 0 saturated heterocycles. The van der Waals surface area contributed by atoms with Gasteiger partial charge in [-0.3, -0.25) is 4.79 Å². The molecule has 1 amide bonds. The van der Waals surface area contributed by atoms with E-state index in [1.165, 1.54) is 11.3 Å². The Kier molecular flexibility index (Phi) is 2.28. The summed E-state index contributed by atoms with van der Waals surface area (Å²) in [6, 6.07) is -0.0384. The molecule has 1 unspecified atom stereocenters. The number of hydrogen-bond acceptors (Lipinski definition) is 4. The van der Waals surface area contributed by atoms with Gasteiger partial charge in [0.05, 0.1) is 11.6 Å². The maximum Gasteiger partial charge on any atom is 0.240 e. The van der Waals surface area contributed by atoms with Gasteiger partial charge in [-0.25, -0.2) is 4.98 Å². The van der Waals surface area contributed by atoms with Crippen LogP contribution < -0.4 is 11.1 Å². The van der Waals surface area contributed by atoms with E-state index in [4.69, 9.17) is 5.73 Å². The highest BCUT2D eigenvalue weighted by molar-refractivity contribution is 7.09. The van der Waals surface area contributed by atoms with Crippen LogP contribution in [-0.2, 0) is 4.79 Å². The van der Waals surface area contributed by atoms with Crippen molar-refractivity contribution in [3.05, 3.63) is 16.6 Å². The van der Waals surface area contributed by atoms with Gasteiger partial charge in [0.2, 0.25) is 5.91 Å². The smallest absolute Gasteiger partial charge is 0.240 e. The van der Waals surface area contributed by atoms with Crippen LogP contribution in [0.15, 0.2) is 11.6 Å². The molecule has 1 aromatic rings. The van der Waals surface area contributed by atoms with E-state index in [9.17, 15) is 4.79 Å². The minimum absolute atomic E-state index is 0.0384. The third-order valence-corrected chi connectivity index (χ3v) is 3.37. The van der Waals surface area contributed by atoms with Gasteiger partial charge in [-0.2, -0.15) is 0 Å². The number of carbonyl (C=O) groups excluding carboxylic acids is 1. The molecule has 1 atom stereocenters. The lowest BCUT2D eigenvalue weighted by Crippen LogP contribution is -2.43. The molecule has 5 heteroatoms. The highest BCUT2D eigenvalue weighted by Crippen LogP contribution is 2.32. The van der Waals surface area contributed by atoms with Gasteiger partial charge in [0.1, 0.15) is 5.01 Å². The quantitative estimate of drug-likeness (QED) is 0.777. The molecule has 0 spiro atoms. The lowest BCUT2D eigenvalue weighted by molar-refractivity contribution is -0.123. The number of amides is 1. The van der Waals surface area contributed by atoms with Crippen LogP contribution in [0.2, 0.25) is 0 Å². The maximum absolute atomic E-state index is 11.6. The molecular formula is C9H13N3OS. The summed E-state index contributed by atoms with van der Waals surface area (Å²) in [5.41, 5.74) is 5.17. The fourth-order valence-electron chi connectivity index (χ4n) is 1.21. The first-order valence-corrected chi connectivity index (χ1v) is 5.49. The molecule has 4 nitrogen and oxygen atoms in total. The van der Waals surface area contributed by atoms with Crippen molar-refractivity contribution in [1.82, 2.24) is 10.3 Å². The summed E-state index contributed by atoms with van der Waals surface area (Å²) in [4.78, 5) is 15.7. The fraction of sp³-hybridized carbons (Fsp3) is 0.556. The predicted molar refractivity (Wildman–Crippen MR) is 54.8 cm³/mol. The standard InChI is InChI=1S/C9H13N3OS/c1-6(7-11-4-5-14-7)12-8(13)9(10)2-3-9/h4-6H,2-3,10H2,1H3,(H,12,13). The molecule has 1 heterocycles. The fourth-order valence-corrected chi connectivity index (χ4v) is 1.86. The number of thiazole rings is 1. The number of hydrogen-bond donors (Lipinski definition) is 2. The van der Waals surface area contributed by atoms with Crippen LogP contribution in [0, 0.1) is 0 Å². The summed E-state index contributed by atoms with van der Waals surface area (Å²) in [6.07, 6.45) is 3.32. The van der Waals surface area contributed by atoms with E-state index < -0.39 is 5.54 Å². The van der Waals surface area contributed by atoms with Crippen molar-refractivity contribution < 1.29 is 4.79 Å². The van der Waals surface area contributed by atoms with Gasteiger partial charge in [-0.1, -0.05) is 0 Å². The number of nitrogens with zero attached hydrogens (tertiary/aromatic N) is 1. The Morgan fingerprint density at radius 1 is 1.79 bits per heavy atom. The van der Waals surface area contributed by atoms with E-state index in [0.717, 1.165) is 17.8 Å². The van der Waals surface area contributed by atoms with Gasteiger partial charge in [0, 0.05) is 11.6 Å². The van der Waals surface area contributed by atoms with Crippen molar-refractivity contribution in [2.75, 3.05) is 0 Å². The van der Waals surface area contributed by atoms with Crippen LogP contribution >= 0.6 is 11.3 Å². The van der Waals surface area contributed by atoms with E-state index in [1.54, 1.807) is 6.20 Å². The Bertz CT molecular complexity index is 332. The molecule has 0 aromatic carbocycles. The largest absolute Gasteiger partial charge is 0.346 e. The molecule has 3 N–H and O–H groups in total. The van der Waals surface area contributed by atoms with Crippen molar-refractivity contribution in [3.8, 4) is 0 Å². The maximum atomic E-state index is 11.6. The molecule has 1 aliphatic carbocycles. The average Bonchev–Trinajstić information content (AvgIpc) is 2.71. The molecule has 2 rings (SSSR count). The van der Waals surface area contributed by atoms with Gasteiger partial charge < -0.3 is 11.1 Å². The normalized spacial score (nSPS) is 20.1. The van der Waals surface area contributed by atoms with Gasteiger partial charge in [-0.05, 0) is 19.8 Å². The molecule has 1 fully saturated rings. The van der Waals surface area contributed by atoms with Gasteiger partial charge >= 0.3 is 0 Å². The van der Waals surface area contributed by atoms with E-state index in [-0.39, 0.29) is 11.9 Å². The highest BCUT2D eigenvalue weighted by Gasteiger charge is 2.46. The first kappa shape index (κ1) is 9.61. The summed E-state index contributed by atoms with van der Waals surface area (Å²) < 4.78 is 0. The van der Waals surface area contributed by atoms with Crippen molar-refractivity contribution in [2.45, 2.75) is 31.3 Å². The molecule has 0 radical (unpaired) electrons. The second-order valence-corrected chi connectivity index (χ2v) is 4.65. The minimum Gasteiger partial charge on any atom is -0.346 e. The molecule has 14 heavy (non-hydrogen) atoms. The van der Waals surface area contributed by atoms with Crippen LogP contribution in [-0.4, -0.2) is 16.4 Å². The van der Waals surface area contributed by atoms with E-state index >= 15 is 0 Å². The first-order valence-electron chi connectivity index (χ1n) is 4.61. The van der Waals surface area contributed by atoms with Crippen LogP contribution in [0.3, 0.4) is 0 Å². The van der Waals surface area contributed by atoms with E-state index in [2.05, 4.69) is 10.3 Å². The van der Waals surface area contributed by atoms with Crippen LogP contribution in [0.1, 0.15) is 30.8 Å². The number of aromatic nitrogens is 1. The molecule has 1 aromatic heterocycles. The van der Waals surface area contributed by atoms with Crippen molar-refractivity contribution in [3.63, 3.8) is 0 Å². The molecule has 1 aliphatic rings. The van der Waals surface area contributed by atoms with Crippen molar-refractivity contribution in [1.29, 1.82) is 0 Å². The second-order valence-electron chi connectivity index (χ2n) is 3.72.